The summed E-state index contributed by atoms with van der Waals surface area (Å²) in [4.78, 5) is 27.8. The van der Waals surface area contributed by atoms with Crippen LogP contribution in [0, 0.1) is 13.8 Å². The number of phenols is 1. The van der Waals surface area contributed by atoms with Crippen LogP contribution in [0.5, 0.6) is 5.75 Å². The van der Waals surface area contributed by atoms with Crippen molar-refractivity contribution in [2.45, 2.75) is 20.3 Å². The highest BCUT2D eigenvalue weighted by atomic mass is 16.3. The van der Waals surface area contributed by atoms with Crippen molar-refractivity contribution in [1.29, 1.82) is 0 Å². The number of nitrogens with zero attached hydrogens (tertiary/aromatic N) is 2. The fourth-order valence-electron chi connectivity index (χ4n) is 2.70. The first-order chi connectivity index (χ1) is 12.5. The number of rotatable bonds is 5. The minimum Gasteiger partial charge on any atom is -0.506 e. The van der Waals surface area contributed by atoms with Gasteiger partial charge in [-0.25, -0.2) is 4.68 Å². The van der Waals surface area contributed by atoms with E-state index in [2.05, 4.69) is 10.1 Å². The molecule has 2 N–H and O–H groups in total. The van der Waals surface area contributed by atoms with E-state index in [1.165, 1.54) is 17.0 Å². The molecule has 1 heterocycles. The van der Waals surface area contributed by atoms with Gasteiger partial charge in [-0.05, 0) is 37.6 Å². The zero-order chi connectivity index (χ0) is 18.7. The molecule has 6 heteroatoms. The largest absolute Gasteiger partial charge is 0.506 e. The third-order valence-corrected chi connectivity index (χ3v) is 4.13. The molecule has 0 aliphatic heterocycles. The third kappa shape index (κ3) is 3.35. The second kappa shape index (κ2) is 7.23. The number of aldehydes is 1. The summed E-state index contributed by atoms with van der Waals surface area (Å²) in [5.41, 5.74) is 3.55. The Bertz CT molecular complexity index is 1030. The van der Waals surface area contributed by atoms with Gasteiger partial charge in [0.25, 0.3) is 5.56 Å². The molecule has 2 aromatic carbocycles. The first kappa shape index (κ1) is 17.4. The van der Waals surface area contributed by atoms with Crippen LogP contribution in [0.25, 0.3) is 5.69 Å². The molecule has 0 saturated heterocycles. The van der Waals surface area contributed by atoms with Gasteiger partial charge in [-0.15, -0.1) is 0 Å². The molecule has 3 aromatic rings. The van der Waals surface area contributed by atoms with E-state index in [1.807, 2.05) is 31.2 Å². The number of phenolic OH excluding ortho intramolecular Hbond substituents is 1. The summed E-state index contributed by atoms with van der Waals surface area (Å²) >= 11 is 0. The maximum Gasteiger partial charge on any atom is 0.280 e. The Labute approximate surface area is 150 Å². The molecule has 6 nitrogen and oxygen atoms in total. The van der Waals surface area contributed by atoms with Gasteiger partial charge >= 0.3 is 0 Å². The molecule has 0 aliphatic rings. The number of aromatic nitrogens is 2. The molecule has 0 radical (unpaired) electrons. The van der Waals surface area contributed by atoms with Crippen molar-refractivity contribution in [3.05, 3.63) is 75.2 Å². The highest BCUT2D eigenvalue weighted by molar-refractivity contribution is 5.84. The van der Waals surface area contributed by atoms with Crippen LogP contribution in [0.1, 0.15) is 22.4 Å². The van der Waals surface area contributed by atoms with E-state index in [4.69, 9.17) is 0 Å². The SMILES string of the molecule is Cc1ccc(-n2[nH]c(C)c(C=Nc3c(O)cccc3CC=O)c2=O)cc1. The van der Waals surface area contributed by atoms with Gasteiger partial charge in [-0.3, -0.25) is 14.9 Å². The number of hydrogen-bond acceptors (Lipinski definition) is 4. The lowest BCUT2D eigenvalue weighted by atomic mass is 10.1. The molecule has 0 atom stereocenters. The van der Waals surface area contributed by atoms with Crippen LogP contribution in [0.3, 0.4) is 0 Å². The van der Waals surface area contributed by atoms with Gasteiger partial charge in [0.2, 0.25) is 0 Å². The van der Waals surface area contributed by atoms with Crippen LogP contribution >= 0.6 is 0 Å². The number of nitrogens with one attached hydrogen (secondary N) is 1. The topological polar surface area (TPSA) is 87.4 Å². The van der Waals surface area contributed by atoms with Gasteiger partial charge in [0.1, 0.15) is 17.7 Å². The van der Waals surface area contributed by atoms with Crippen molar-refractivity contribution in [2.75, 3.05) is 0 Å². The molecule has 0 fully saturated rings. The molecule has 0 amide bonds. The summed E-state index contributed by atoms with van der Waals surface area (Å²) in [6, 6.07) is 12.4. The van der Waals surface area contributed by atoms with Crippen molar-refractivity contribution in [2.24, 2.45) is 4.99 Å². The van der Waals surface area contributed by atoms with Gasteiger partial charge in [0.05, 0.1) is 11.3 Å². The lowest BCUT2D eigenvalue weighted by Crippen LogP contribution is -2.17. The molecule has 0 aliphatic carbocycles. The summed E-state index contributed by atoms with van der Waals surface area (Å²) in [6.45, 7) is 3.76. The Morgan fingerprint density at radius 1 is 1.15 bits per heavy atom. The molecule has 1 aromatic heterocycles. The van der Waals surface area contributed by atoms with Crippen molar-refractivity contribution in [3.63, 3.8) is 0 Å². The van der Waals surface area contributed by atoms with Gasteiger partial charge < -0.3 is 9.90 Å². The van der Waals surface area contributed by atoms with E-state index in [0.29, 0.717) is 22.5 Å². The number of aryl methyl sites for hydroxylation is 2. The van der Waals surface area contributed by atoms with E-state index in [9.17, 15) is 14.7 Å². The van der Waals surface area contributed by atoms with Crippen LogP contribution in [0.2, 0.25) is 0 Å². The van der Waals surface area contributed by atoms with Crippen molar-refractivity contribution in [3.8, 4) is 11.4 Å². The van der Waals surface area contributed by atoms with E-state index in [0.717, 1.165) is 17.5 Å². The second-order valence-electron chi connectivity index (χ2n) is 6.04. The number of benzene rings is 2. The van der Waals surface area contributed by atoms with Crippen LogP contribution in [-0.4, -0.2) is 27.4 Å². The number of aromatic amines is 1. The highest BCUT2D eigenvalue weighted by Crippen LogP contribution is 2.30. The Morgan fingerprint density at radius 2 is 1.88 bits per heavy atom. The number of aromatic hydroxyl groups is 1. The predicted octanol–water partition coefficient (Wildman–Crippen LogP) is 2.98. The maximum atomic E-state index is 12.7. The summed E-state index contributed by atoms with van der Waals surface area (Å²) < 4.78 is 1.45. The van der Waals surface area contributed by atoms with E-state index < -0.39 is 0 Å². The zero-order valence-electron chi connectivity index (χ0n) is 14.6. The summed E-state index contributed by atoms with van der Waals surface area (Å²) in [5.74, 6) is -0.0346. The molecule has 26 heavy (non-hydrogen) atoms. The number of hydrogen-bond donors (Lipinski definition) is 2. The van der Waals surface area contributed by atoms with Crippen LogP contribution in [-0.2, 0) is 11.2 Å². The molecule has 132 valence electrons. The molecular weight excluding hydrogens is 330 g/mol. The Morgan fingerprint density at radius 3 is 2.58 bits per heavy atom. The summed E-state index contributed by atoms with van der Waals surface area (Å²) in [5, 5.41) is 13.1. The number of carbonyl (C=O) groups is 1. The van der Waals surface area contributed by atoms with Crippen LogP contribution in [0.15, 0.2) is 52.3 Å². The smallest absolute Gasteiger partial charge is 0.280 e. The minimum absolute atomic E-state index is 0.0346. The fraction of sp³-hybridized carbons (Fsp3) is 0.150. The average Bonchev–Trinajstić information content (AvgIpc) is 2.90. The van der Waals surface area contributed by atoms with Crippen molar-refractivity contribution < 1.29 is 9.90 Å². The standard InChI is InChI=1S/C20H19N3O3/c1-13-6-8-16(9-7-13)23-20(26)17(14(2)22-23)12-21-19-15(10-11-24)4-3-5-18(19)25/h3-9,11-12,22,25H,10H2,1-2H3. The van der Waals surface area contributed by atoms with Gasteiger partial charge in [0.15, 0.2) is 0 Å². The second-order valence-corrected chi connectivity index (χ2v) is 6.04. The number of para-hydroxylation sites is 1. The molecule has 3 rings (SSSR count). The fourth-order valence-corrected chi connectivity index (χ4v) is 2.70. The number of H-pyrrole nitrogens is 1. The lowest BCUT2D eigenvalue weighted by Gasteiger charge is -2.03. The normalized spacial score (nSPS) is 11.2. The highest BCUT2D eigenvalue weighted by Gasteiger charge is 2.12. The van der Waals surface area contributed by atoms with Gasteiger partial charge in [-0.1, -0.05) is 29.8 Å². The van der Waals surface area contributed by atoms with Crippen molar-refractivity contribution >= 4 is 18.2 Å². The first-order valence-corrected chi connectivity index (χ1v) is 8.18. The number of carbonyl (C=O) groups excluding carboxylic acids is 1. The summed E-state index contributed by atoms with van der Waals surface area (Å²) in [6.07, 6.45) is 2.31. The third-order valence-electron chi connectivity index (χ3n) is 4.13. The van der Waals surface area contributed by atoms with Crippen molar-refractivity contribution in [1.82, 2.24) is 9.78 Å². The maximum absolute atomic E-state index is 12.7. The van der Waals surface area contributed by atoms with E-state index in [1.54, 1.807) is 19.1 Å². The Balaban J connectivity index is 2.02. The van der Waals surface area contributed by atoms with Gasteiger partial charge in [-0.2, -0.15) is 0 Å². The van der Waals surface area contributed by atoms with Crippen LogP contribution in [0.4, 0.5) is 5.69 Å². The Hall–Kier alpha value is -3.41. The van der Waals surface area contributed by atoms with Gasteiger partial charge in [0, 0.05) is 18.3 Å². The van der Waals surface area contributed by atoms with E-state index >= 15 is 0 Å². The molecular formula is C20H19N3O3. The molecule has 0 unspecified atom stereocenters. The number of aliphatic imine (C=N–C) groups is 1. The average molecular weight is 349 g/mol. The molecule has 0 spiro atoms. The van der Waals surface area contributed by atoms with E-state index in [-0.39, 0.29) is 17.7 Å². The Kier molecular flexibility index (Phi) is 4.84. The summed E-state index contributed by atoms with van der Waals surface area (Å²) in [7, 11) is 0. The van der Waals surface area contributed by atoms with Crippen LogP contribution < -0.4 is 5.56 Å². The first-order valence-electron chi connectivity index (χ1n) is 8.18. The molecule has 0 saturated carbocycles. The monoisotopic (exact) mass is 349 g/mol. The quantitative estimate of drug-likeness (QED) is 0.548. The molecule has 0 bridgehead atoms. The zero-order valence-corrected chi connectivity index (χ0v) is 14.6. The minimum atomic E-state index is -0.234. The lowest BCUT2D eigenvalue weighted by molar-refractivity contribution is -0.107. The predicted molar refractivity (Wildman–Crippen MR) is 101 cm³/mol.